The standard InChI is InChI=1S/C24H41N5/c1-20(2)29-15-11-23(12-16-29)27-24(25-3)26-18-21-9-8-10-22(17-21)19-28-13-6-4-5-7-14-28/h8-10,17,20,23H,4-7,11-16,18-19H2,1-3H3,(H2,25,26,27). The summed E-state index contributed by atoms with van der Waals surface area (Å²) in [6.07, 6.45) is 7.85. The zero-order valence-electron chi connectivity index (χ0n) is 18.8. The number of piperidine rings is 1. The van der Waals surface area contributed by atoms with Gasteiger partial charge in [-0.2, -0.15) is 0 Å². The normalized spacial score (nSPS) is 20.6. The second-order valence-electron chi connectivity index (χ2n) is 8.98. The number of hydrogen-bond acceptors (Lipinski definition) is 3. The van der Waals surface area contributed by atoms with Crippen molar-refractivity contribution < 1.29 is 0 Å². The molecule has 5 heteroatoms. The molecule has 2 N–H and O–H groups in total. The number of nitrogens with zero attached hydrogens (tertiary/aromatic N) is 3. The van der Waals surface area contributed by atoms with Crippen LogP contribution in [0.25, 0.3) is 0 Å². The number of hydrogen-bond donors (Lipinski definition) is 2. The lowest BCUT2D eigenvalue weighted by Crippen LogP contribution is -2.49. The maximum Gasteiger partial charge on any atom is 0.191 e. The molecule has 2 fully saturated rings. The molecule has 0 amide bonds. The predicted molar refractivity (Wildman–Crippen MR) is 123 cm³/mol. The number of nitrogens with one attached hydrogen (secondary N) is 2. The topological polar surface area (TPSA) is 42.9 Å². The van der Waals surface area contributed by atoms with E-state index in [0.29, 0.717) is 12.1 Å². The lowest BCUT2D eigenvalue weighted by Gasteiger charge is -2.35. The first kappa shape index (κ1) is 22.1. The number of aliphatic imine (C=N–C) groups is 1. The molecule has 0 aliphatic carbocycles. The van der Waals surface area contributed by atoms with Gasteiger partial charge in [0.1, 0.15) is 0 Å². The monoisotopic (exact) mass is 399 g/mol. The average Bonchev–Trinajstić information content (AvgIpc) is 3.00. The zero-order valence-corrected chi connectivity index (χ0v) is 18.8. The Hall–Kier alpha value is -1.59. The van der Waals surface area contributed by atoms with E-state index in [1.807, 2.05) is 7.05 Å². The molecule has 2 heterocycles. The predicted octanol–water partition coefficient (Wildman–Crippen LogP) is 3.60. The minimum absolute atomic E-state index is 0.519. The lowest BCUT2D eigenvalue weighted by molar-refractivity contribution is 0.167. The van der Waals surface area contributed by atoms with Gasteiger partial charge in [-0.05, 0) is 63.7 Å². The van der Waals surface area contributed by atoms with Crippen LogP contribution in [-0.4, -0.2) is 61.1 Å². The van der Waals surface area contributed by atoms with Gasteiger partial charge in [0.2, 0.25) is 0 Å². The van der Waals surface area contributed by atoms with E-state index in [0.717, 1.165) is 19.0 Å². The van der Waals surface area contributed by atoms with E-state index in [9.17, 15) is 0 Å². The number of benzene rings is 1. The minimum Gasteiger partial charge on any atom is -0.354 e. The molecule has 0 bridgehead atoms. The maximum absolute atomic E-state index is 4.45. The van der Waals surface area contributed by atoms with Crippen molar-refractivity contribution in [3.8, 4) is 0 Å². The van der Waals surface area contributed by atoms with Crippen molar-refractivity contribution in [2.75, 3.05) is 33.2 Å². The molecule has 0 unspecified atom stereocenters. The van der Waals surface area contributed by atoms with E-state index in [1.165, 1.54) is 75.8 Å². The summed E-state index contributed by atoms with van der Waals surface area (Å²) in [5, 5.41) is 7.15. The highest BCUT2D eigenvalue weighted by Gasteiger charge is 2.21. The molecule has 2 saturated heterocycles. The molecule has 29 heavy (non-hydrogen) atoms. The van der Waals surface area contributed by atoms with E-state index in [1.54, 1.807) is 0 Å². The third kappa shape index (κ3) is 7.31. The highest BCUT2D eigenvalue weighted by molar-refractivity contribution is 5.79. The fourth-order valence-electron chi connectivity index (χ4n) is 4.52. The quantitative estimate of drug-likeness (QED) is 0.567. The van der Waals surface area contributed by atoms with Crippen molar-refractivity contribution in [2.24, 2.45) is 4.99 Å². The van der Waals surface area contributed by atoms with Gasteiger partial charge in [-0.25, -0.2) is 0 Å². The zero-order chi connectivity index (χ0) is 20.5. The Labute approximate surface area is 178 Å². The van der Waals surface area contributed by atoms with Crippen LogP contribution in [0.5, 0.6) is 0 Å². The molecular formula is C24H41N5. The minimum atomic E-state index is 0.519. The molecule has 2 aliphatic heterocycles. The molecule has 0 saturated carbocycles. The molecule has 3 rings (SSSR count). The van der Waals surface area contributed by atoms with Crippen LogP contribution in [0.1, 0.15) is 63.5 Å². The first-order chi connectivity index (χ1) is 14.1. The summed E-state index contributed by atoms with van der Waals surface area (Å²) in [6, 6.07) is 10.2. The first-order valence-electron chi connectivity index (χ1n) is 11.7. The van der Waals surface area contributed by atoms with E-state index >= 15 is 0 Å². The third-order valence-corrected chi connectivity index (χ3v) is 6.38. The Kier molecular flexibility index (Phi) is 8.81. The summed E-state index contributed by atoms with van der Waals surface area (Å²) in [5.74, 6) is 0.922. The van der Waals surface area contributed by atoms with Crippen LogP contribution in [0.3, 0.4) is 0 Å². The Morgan fingerprint density at radius 1 is 1.03 bits per heavy atom. The summed E-state index contributed by atoms with van der Waals surface area (Å²) >= 11 is 0. The molecule has 1 aromatic carbocycles. The molecule has 162 valence electrons. The van der Waals surface area contributed by atoms with E-state index < -0.39 is 0 Å². The molecule has 5 nitrogen and oxygen atoms in total. The molecule has 0 aromatic heterocycles. The van der Waals surface area contributed by atoms with Crippen LogP contribution >= 0.6 is 0 Å². The van der Waals surface area contributed by atoms with E-state index in [2.05, 4.69) is 63.5 Å². The van der Waals surface area contributed by atoms with Gasteiger partial charge in [-0.15, -0.1) is 0 Å². The average molecular weight is 400 g/mol. The summed E-state index contributed by atoms with van der Waals surface area (Å²) in [4.78, 5) is 9.62. The van der Waals surface area contributed by atoms with Crippen LogP contribution in [0.4, 0.5) is 0 Å². The van der Waals surface area contributed by atoms with Gasteiger partial charge in [0.05, 0.1) is 0 Å². The van der Waals surface area contributed by atoms with Crippen LogP contribution in [0.2, 0.25) is 0 Å². The van der Waals surface area contributed by atoms with Gasteiger partial charge >= 0.3 is 0 Å². The number of likely N-dealkylation sites (tertiary alicyclic amines) is 2. The lowest BCUT2D eigenvalue weighted by atomic mass is 10.0. The molecule has 0 spiro atoms. The van der Waals surface area contributed by atoms with Crippen LogP contribution in [0.15, 0.2) is 29.3 Å². The van der Waals surface area contributed by atoms with Crippen molar-refractivity contribution in [1.82, 2.24) is 20.4 Å². The summed E-state index contributed by atoms with van der Waals surface area (Å²) < 4.78 is 0. The summed E-state index contributed by atoms with van der Waals surface area (Å²) in [6.45, 7) is 11.3. The summed E-state index contributed by atoms with van der Waals surface area (Å²) in [5.41, 5.74) is 2.75. The Morgan fingerprint density at radius 2 is 1.72 bits per heavy atom. The number of guanidine groups is 1. The van der Waals surface area contributed by atoms with Gasteiger partial charge in [-0.3, -0.25) is 9.89 Å². The van der Waals surface area contributed by atoms with Crippen molar-refractivity contribution >= 4 is 5.96 Å². The van der Waals surface area contributed by atoms with Crippen molar-refractivity contribution in [3.05, 3.63) is 35.4 Å². The molecule has 0 radical (unpaired) electrons. The van der Waals surface area contributed by atoms with E-state index in [-0.39, 0.29) is 0 Å². The molecular weight excluding hydrogens is 358 g/mol. The Morgan fingerprint density at radius 3 is 2.38 bits per heavy atom. The highest BCUT2D eigenvalue weighted by Crippen LogP contribution is 2.15. The second kappa shape index (κ2) is 11.6. The third-order valence-electron chi connectivity index (χ3n) is 6.38. The SMILES string of the molecule is CN=C(NCc1cccc(CN2CCCCCC2)c1)NC1CCN(C(C)C)CC1. The van der Waals surface area contributed by atoms with Gasteiger partial charge in [0.15, 0.2) is 5.96 Å². The molecule has 2 aliphatic rings. The number of rotatable bonds is 6. The molecule has 1 aromatic rings. The van der Waals surface area contributed by atoms with Crippen molar-refractivity contribution in [1.29, 1.82) is 0 Å². The maximum atomic E-state index is 4.45. The Balaban J connectivity index is 1.46. The fraction of sp³-hybridized carbons (Fsp3) is 0.708. The van der Waals surface area contributed by atoms with Gasteiger partial charge in [0.25, 0.3) is 0 Å². The van der Waals surface area contributed by atoms with E-state index in [4.69, 9.17) is 0 Å². The summed E-state index contributed by atoms with van der Waals surface area (Å²) in [7, 11) is 1.87. The van der Waals surface area contributed by atoms with Crippen LogP contribution in [-0.2, 0) is 13.1 Å². The largest absolute Gasteiger partial charge is 0.354 e. The highest BCUT2D eigenvalue weighted by atomic mass is 15.2. The van der Waals surface area contributed by atoms with Gasteiger partial charge in [0, 0.05) is 45.3 Å². The van der Waals surface area contributed by atoms with Crippen LogP contribution < -0.4 is 10.6 Å². The molecule has 0 atom stereocenters. The second-order valence-corrected chi connectivity index (χ2v) is 8.98. The van der Waals surface area contributed by atoms with Gasteiger partial charge < -0.3 is 15.5 Å². The Bertz CT molecular complexity index is 626. The fourth-order valence-corrected chi connectivity index (χ4v) is 4.52. The smallest absolute Gasteiger partial charge is 0.191 e. The first-order valence-corrected chi connectivity index (χ1v) is 11.7. The van der Waals surface area contributed by atoms with Crippen molar-refractivity contribution in [2.45, 2.75) is 77.5 Å². The van der Waals surface area contributed by atoms with Crippen molar-refractivity contribution in [3.63, 3.8) is 0 Å². The van der Waals surface area contributed by atoms with Crippen LogP contribution in [0, 0.1) is 0 Å². The van der Waals surface area contributed by atoms with Gasteiger partial charge in [-0.1, -0.05) is 37.1 Å².